The molecule has 1 aromatic heterocycles. The predicted molar refractivity (Wildman–Crippen MR) is 56.3 cm³/mol. The highest BCUT2D eigenvalue weighted by atomic mass is 16.3. The fourth-order valence-electron chi connectivity index (χ4n) is 1.73. The average molecular weight is 219 g/mol. The van der Waals surface area contributed by atoms with E-state index in [1.54, 1.807) is 12.1 Å². The first-order chi connectivity index (χ1) is 7.78. The van der Waals surface area contributed by atoms with E-state index in [4.69, 9.17) is 9.68 Å². The van der Waals surface area contributed by atoms with Gasteiger partial charge in [-0.05, 0) is 18.6 Å². The van der Waals surface area contributed by atoms with Crippen LogP contribution in [0.5, 0.6) is 0 Å². The lowest BCUT2D eigenvalue weighted by molar-refractivity contribution is -0.119. The predicted octanol–water partition coefficient (Wildman–Crippen LogP) is 0.519. The molecule has 1 amide bonds. The molecular formula is C11H13N3O2. The van der Waals surface area contributed by atoms with Crippen molar-refractivity contribution in [3.63, 3.8) is 0 Å². The van der Waals surface area contributed by atoms with E-state index in [0.717, 1.165) is 18.7 Å². The van der Waals surface area contributed by atoms with Gasteiger partial charge in [-0.2, -0.15) is 5.26 Å². The minimum atomic E-state index is 0.122. The number of furan rings is 1. The van der Waals surface area contributed by atoms with Crippen LogP contribution in [-0.2, 0) is 11.3 Å². The van der Waals surface area contributed by atoms with E-state index in [1.807, 2.05) is 6.07 Å². The smallest absolute Gasteiger partial charge is 0.220 e. The number of carbonyl (C=O) groups excluding carboxylic acids is 1. The van der Waals surface area contributed by atoms with Crippen LogP contribution in [-0.4, -0.2) is 18.5 Å². The average Bonchev–Trinajstić information content (AvgIpc) is 2.88. The lowest BCUT2D eigenvalue weighted by Gasteiger charge is -2.09. The molecule has 0 bridgehead atoms. The first kappa shape index (κ1) is 10.7. The molecular weight excluding hydrogens is 206 g/mol. The van der Waals surface area contributed by atoms with Crippen molar-refractivity contribution in [1.82, 2.24) is 10.6 Å². The number of hydrogen-bond acceptors (Lipinski definition) is 4. The molecule has 0 spiro atoms. The lowest BCUT2D eigenvalue weighted by atomic mass is 10.2. The fraction of sp³-hybridized carbons (Fsp3) is 0.455. The van der Waals surface area contributed by atoms with Gasteiger partial charge < -0.3 is 15.1 Å². The number of nitrogens with one attached hydrogen (secondary N) is 2. The second kappa shape index (κ2) is 4.81. The Morgan fingerprint density at radius 2 is 2.50 bits per heavy atom. The van der Waals surface area contributed by atoms with Gasteiger partial charge in [-0.1, -0.05) is 0 Å². The third-order valence-electron chi connectivity index (χ3n) is 2.55. The zero-order valence-corrected chi connectivity index (χ0v) is 8.82. The third kappa shape index (κ3) is 2.61. The van der Waals surface area contributed by atoms with Gasteiger partial charge in [-0.3, -0.25) is 4.79 Å². The zero-order valence-electron chi connectivity index (χ0n) is 8.82. The van der Waals surface area contributed by atoms with Crippen molar-refractivity contribution in [2.75, 3.05) is 6.54 Å². The summed E-state index contributed by atoms with van der Waals surface area (Å²) in [5, 5.41) is 14.6. The highest BCUT2D eigenvalue weighted by Gasteiger charge is 2.19. The minimum Gasteiger partial charge on any atom is -0.449 e. The maximum atomic E-state index is 10.9. The summed E-state index contributed by atoms with van der Waals surface area (Å²) < 4.78 is 5.21. The van der Waals surface area contributed by atoms with Crippen molar-refractivity contribution in [2.45, 2.75) is 25.4 Å². The van der Waals surface area contributed by atoms with Crippen LogP contribution in [0.3, 0.4) is 0 Å². The van der Waals surface area contributed by atoms with Crippen molar-refractivity contribution in [1.29, 1.82) is 5.26 Å². The molecule has 1 unspecified atom stereocenters. The summed E-state index contributed by atoms with van der Waals surface area (Å²) in [4.78, 5) is 10.9. The van der Waals surface area contributed by atoms with Crippen molar-refractivity contribution in [3.8, 4) is 6.07 Å². The van der Waals surface area contributed by atoms with E-state index in [0.29, 0.717) is 18.7 Å². The topological polar surface area (TPSA) is 78.1 Å². The number of rotatable bonds is 4. The molecule has 0 saturated carbocycles. The van der Waals surface area contributed by atoms with Gasteiger partial charge in [0.25, 0.3) is 0 Å². The van der Waals surface area contributed by atoms with Crippen molar-refractivity contribution < 1.29 is 9.21 Å². The SMILES string of the molecule is N#Cc1ccc(CNCC2CCC(=O)N2)o1. The lowest BCUT2D eigenvalue weighted by Crippen LogP contribution is -2.35. The van der Waals surface area contributed by atoms with Gasteiger partial charge in [0.15, 0.2) is 0 Å². The molecule has 1 fully saturated rings. The molecule has 16 heavy (non-hydrogen) atoms. The Balaban J connectivity index is 1.72. The normalized spacial score (nSPS) is 19.4. The van der Waals surface area contributed by atoms with Crippen LogP contribution in [0.25, 0.3) is 0 Å². The molecule has 2 rings (SSSR count). The molecule has 1 saturated heterocycles. The van der Waals surface area contributed by atoms with Crippen LogP contribution in [0.1, 0.15) is 24.4 Å². The number of amides is 1. The van der Waals surface area contributed by atoms with Gasteiger partial charge in [0.05, 0.1) is 6.54 Å². The summed E-state index contributed by atoms with van der Waals surface area (Å²) in [6.07, 6.45) is 1.50. The maximum absolute atomic E-state index is 10.9. The number of carbonyl (C=O) groups is 1. The number of hydrogen-bond donors (Lipinski definition) is 2. The Bertz CT molecular complexity index is 419. The minimum absolute atomic E-state index is 0.122. The van der Waals surface area contributed by atoms with E-state index in [-0.39, 0.29) is 11.9 Å². The van der Waals surface area contributed by atoms with Gasteiger partial charge in [-0.15, -0.1) is 0 Å². The molecule has 5 heteroatoms. The first-order valence-electron chi connectivity index (χ1n) is 5.27. The summed E-state index contributed by atoms with van der Waals surface area (Å²) in [7, 11) is 0. The molecule has 1 aliphatic heterocycles. The van der Waals surface area contributed by atoms with Crippen molar-refractivity contribution >= 4 is 5.91 Å². The van der Waals surface area contributed by atoms with Crippen LogP contribution >= 0.6 is 0 Å². The van der Waals surface area contributed by atoms with E-state index < -0.39 is 0 Å². The standard InChI is InChI=1S/C11H13N3O2/c12-5-9-2-3-10(16-9)7-13-6-8-1-4-11(15)14-8/h2-3,8,13H,1,4,6-7H2,(H,14,15). The van der Waals surface area contributed by atoms with E-state index in [2.05, 4.69) is 10.6 Å². The third-order valence-corrected chi connectivity index (χ3v) is 2.55. The Labute approximate surface area is 93.4 Å². The van der Waals surface area contributed by atoms with Crippen molar-refractivity contribution in [3.05, 3.63) is 23.7 Å². The molecule has 0 radical (unpaired) electrons. The van der Waals surface area contributed by atoms with Crippen LogP contribution in [0.15, 0.2) is 16.5 Å². The van der Waals surface area contributed by atoms with Gasteiger partial charge in [0.1, 0.15) is 11.8 Å². The molecule has 0 aliphatic carbocycles. The fourth-order valence-corrected chi connectivity index (χ4v) is 1.73. The van der Waals surface area contributed by atoms with E-state index in [1.165, 1.54) is 0 Å². The Morgan fingerprint density at radius 1 is 1.62 bits per heavy atom. The van der Waals surface area contributed by atoms with Gasteiger partial charge in [0, 0.05) is 19.0 Å². The monoisotopic (exact) mass is 219 g/mol. The number of nitriles is 1. The summed E-state index contributed by atoms with van der Waals surface area (Å²) in [6.45, 7) is 1.31. The second-order valence-electron chi connectivity index (χ2n) is 3.81. The molecule has 2 N–H and O–H groups in total. The molecule has 0 aromatic carbocycles. The van der Waals surface area contributed by atoms with Crippen LogP contribution in [0.2, 0.25) is 0 Å². The molecule has 1 aliphatic rings. The van der Waals surface area contributed by atoms with Crippen LogP contribution < -0.4 is 10.6 Å². The molecule has 1 atom stereocenters. The van der Waals surface area contributed by atoms with E-state index in [9.17, 15) is 4.79 Å². The van der Waals surface area contributed by atoms with E-state index >= 15 is 0 Å². The largest absolute Gasteiger partial charge is 0.449 e. The molecule has 5 nitrogen and oxygen atoms in total. The summed E-state index contributed by atoms with van der Waals surface area (Å²) >= 11 is 0. The highest BCUT2D eigenvalue weighted by Crippen LogP contribution is 2.07. The summed E-state index contributed by atoms with van der Waals surface area (Å²) in [6, 6.07) is 5.58. The highest BCUT2D eigenvalue weighted by molar-refractivity contribution is 5.78. The summed E-state index contributed by atoms with van der Waals surface area (Å²) in [5.74, 6) is 1.18. The molecule has 84 valence electrons. The Hall–Kier alpha value is -1.80. The van der Waals surface area contributed by atoms with Gasteiger partial charge in [0.2, 0.25) is 11.7 Å². The maximum Gasteiger partial charge on any atom is 0.220 e. The zero-order chi connectivity index (χ0) is 11.4. The van der Waals surface area contributed by atoms with Crippen molar-refractivity contribution in [2.24, 2.45) is 0 Å². The quantitative estimate of drug-likeness (QED) is 0.773. The number of nitrogens with zero attached hydrogens (tertiary/aromatic N) is 1. The van der Waals surface area contributed by atoms with Gasteiger partial charge in [-0.25, -0.2) is 0 Å². The second-order valence-corrected chi connectivity index (χ2v) is 3.81. The van der Waals surface area contributed by atoms with Crippen LogP contribution in [0.4, 0.5) is 0 Å². The summed E-state index contributed by atoms with van der Waals surface area (Å²) in [5.41, 5.74) is 0. The van der Waals surface area contributed by atoms with Gasteiger partial charge >= 0.3 is 0 Å². The molecule has 1 aromatic rings. The molecule has 2 heterocycles. The van der Waals surface area contributed by atoms with Crippen LogP contribution in [0, 0.1) is 11.3 Å². The Kier molecular flexibility index (Phi) is 3.22. The Morgan fingerprint density at radius 3 is 3.12 bits per heavy atom. The first-order valence-corrected chi connectivity index (χ1v) is 5.27.